The second kappa shape index (κ2) is 19.0. The van der Waals surface area contributed by atoms with E-state index in [0.717, 1.165) is 11.1 Å². The van der Waals surface area contributed by atoms with Gasteiger partial charge in [0.15, 0.2) is 0 Å². The van der Waals surface area contributed by atoms with Crippen LogP contribution in [0.1, 0.15) is 43.0 Å². The van der Waals surface area contributed by atoms with Crippen LogP contribution in [0.3, 0.4) is 0 Å². The molecule has 0 spiro atoms. The number of amides is 2. The van der Waals surface area contributed by atoms with Gasteiger partial charge < -0.3 is 25.4 Å². The smallest absolute Gasteiger partial charge is 0.317 e. The normalized spacial score (nSPS) is 10.6. The van der Waals surface area contributed by atoms with Gasteiger partial charge in [-0.1, -0.05) is 108 Å². The SMILES string of the molecule is O=C(Cc1ccc(NC(=O)c2cc(Cl)ccc2NCc2ccccc2)cc1)OC(=O)Cc1ccc(NC(=O)c2c(Cl)cccc2OCc2cccc(Cl)c2)cc1. The molecule has 0 bridgehead atoms. The van der Waals surface area contributed by atoms with Crippen molar-refractivity contribution in [1.82, 2.24) is 0 Å². The maximum atomic E-state index is 13.2. The third-order valence-corrected chi connectivity index (χ3v) is 9.17. The average Bonchev–Trinajstić information content (AvgIpc) is 3.18. The second-order valence-corrected chi connectivity index (χ2v) is 13.8. The molecule has 0 atom stereocenters. The topological polar surface area (TPSA) is 123 Å². The Bertz CT molecular complexity index is 2350. The van der Waals surface area contributed by atoms with Gasteiger partial charge in [0.25, 0.3) is 11.8 Å². The average molecular weight is 807 g/mol. The quantitative estimate of drug-likeness (QED) is 0.0740. The molecule has 56 heavy (non-hydrogen) atoms. The van der Waals surface area contributed by atoms with Crippen molar-refractivity contribution in [3.05, 3.63) is 188 Å². The molecule has 0 aromatic heterocycles. The molecule has 0 unspecified atom stereocenters. The maximum absolute atomic E-state index is 13.2. The van der Waals surface area contributed by atoms with Gasteiger partial charge >= 0.3 is 11.9 Å². The van der Waals surface area contributed by atoms with Crippen molar-refractivity contribution < 1.29 is 28.7 Å². The van der Waals surface area contributed by atoms with Gasteiger partial charge in [-0.25, -0.2) is 0 Å². The van der Waals surface area contributed by atoms with Gasteiger partial charge in [-0.15, -0.1) is 0 Å². The van der Waals surface area contributed by atoms with E-state index in [2.05, 4.69) is 16.0 Å². The summed E-state index contributed by atoms with van der Waals surface area (Å²) in [5, 5.41) is 10.2. The maximum Gasteiger partial charge on any atom is 0.317 e. The fraction of sp³-hybridized carbons (Fsp3) is 0.0909. The van der Waals surface area contributed by atoms with Crippen LogP contribution in [0, 0.1) is 0 Å². The van der Waals surface area contributed by atoms with E-state index >= 15 is 0 Å². The number of benzene rings is 6. The van der Waals surface area contributed by atoms with Crippen LogP contribution in [-0.4, -0.2) is 23.8 Å². The van der Waals surface area contributed by atoms with Crippen LogP contribution in [0.5, 0.6) is 5.75 Å². The van der Waals surface area contributed by atoms with Crippen LogP contribution in [0.2, 0.25) is 15.1 Å². The number of carbonyl (C=O) groups excluding carboxylic acids is 4. The van der Waals surface area contributed by atoms with E-state index in [0.29, 0.717) is 56.1 Å². The molecule has 2 amide bonds. The lowest BCUT2D eigenvalue weighted by Crippen LogP contribution is -2.17. The summed E-state index contributed by atoms with van der Waals surface area (Å²) >= 11 is 18.7. The molecule has 0 aliphatic heterocycles. The van der Waals surface area contributed by atoms with Crippen LogP contribution in [0.25, 0.3) is 0 Å². The summed E-state index contributed by atoms with van der Waals surface area (Å²) in [5.41, 5.74) is 5.18. The lowest BCUT2D eigenvalue weighted by atomic mass is 10.1. The minimum atomic E-state index is -0.730. The van der Waals surface area contributed by atoms with Crippen molar-refractivity contribution in [1.29, 1.82) is 0 Å². The van der Waals surface area contributed by atoms with Gasteiger partial charge in [-0.2, -0.15) is 0 Å². The number of rotatable bonds is 14. The summed E-state index contributed by atoms with van der Waals surface area (Å²) in [6.45, 7) is 0.708. The van der Waals surface area contributed by atoms with Crippen molar-refractivity contribution in [2.24, 2.45) is 0 Å². The number of halogens is 3. The molecule has 6 aromatic carbocycles. The van der Waals surface area contributed by atoms with Crippen molar-refractivity contribution in [2.75, 3.05) is 16.0 Å². The molecule has 0 radical (unpaired) electrons. The van der Waals surface area contributed by atoms with E-state index in [9.17, 15) is 19.2 Å². The molecule has 282 valence electrons. The molecule has 0 aliphatic carbocycles. The van der Waals surface area contributed by atoms with Crippen molar-refractivity contribution in [2.45, 2.75) is 26.0 Å². The Hall–Kier alpha value is -6.13. The predicted octanol–water partition coefficient (Wildman–Crippen LogP) is 10.2. The molecule has 0 heterocycles. The van der Waals surface area contributed by atoms with Crippen LogP contribution in [0.15, 0.2) is 140 Å². The fourth-order valence-electron chi connectivity index (χ4n) is 5.62. The summed E-state index contributed by atoms with van der Waals surface area (Å²) in [7, 11) is 0. The zero-order valence-electron chi connectivity index (χ0n) is 29.7. The Labute approximate surface area is 338 Å². The van der Waals surface area contributed by atoms with Crippen LogP contribution >= 0.6 is 34.8 Å². The van der Waals surface area contributed by atoms with E-state index in [4.69, 9.17) is 44.3 Å². The third kappa shape index (κ3) is 11.2. The Morgan fingerprint density at radius 1 is 0.536 bits per heavy atom. The summed E-state index contributed by atoms with van der Waals surface area (Å²) in [5.74, 6) is -1.99. The lowest BCUT2D eigenvalue weighted by molar-refractivity contribution is -0.158. The molecule has 6 aromatic rings. The first-order chi connectivity index (χ1) is 27.1. The Kier molecular flexibility index (Phi) is 13.4. The van der Waals surface area contributed by atoms with Crippen LogP contribution in [-0.2, 0) is 40.3 Å². The first-order valence-electron chi connectivity index (χ1n) is 17.4. The van der Waals surface area contributed by atoms with E-state index < -0.39 is 17.8 Å². The third-order valence-electron chi connectivity index (χ3n) is 8.39. The first-order valence-corrected chi connectivity index (χ1v) is 18.5. The highest BCUT2D eigenvalue weighted by molar-refractivity contribution is 6.35. The number of carbonyl (C=O) groups is 4. The van der Waals surface area contributed by atoms with E-state index in [1.807, 2.05) is 42.5 Å². The molecule has 0 aliphatic rings. The van der Waals surface area contributed by atoms with Gasteiger partial charge in [0.05, 0.1) is 23.4 Å². The first kappa shape index (κ1) is 39.6. The minimum absolute atomic E-state index is 0.153. The summed E-state index contributed by atoms with van der Waals surface area (Å²) < 4.78 is 11.0. The monoisotopic (exact) mass is 805 g/mol. The zero-order chi connectivity index (χ0) is 39.4. The number of hydrogen-bond acceptors (Lipinski definition) is 7. The largest absolute Gasteiger partial charge is 0.488 e. The number of ether oxygens (including phenoxy) is 2. The lowest BCUT2D eigenvalue weighted by Gasteiger charge is -2.14. The van der Waals surface area contributed by atoms with Crippen LogP contribution < -0.4 is 20.7 Å². The van der Waals surface area contributed by atoms with Gasteiger partial charge in [0.2, 0.25) is 0 Å². The number of hydrogen-bond donors (Lipinski definition) is 3. The molecule has 0 saturated heterocycles. The Morgan fingerprint density at radius 3 is 1.77 bits per heavy atom. The van der Waals surface area contributed by atoms with E-state index in [1.165, 1.54) is 0 Å². The highest BCUT2D eigenvalue weighted by Crippen LogP contribution is 2.29. The van der Waals surface area contributed by atoms with Gasteiger partial charge in [0.1, 0.15) is 17.9 Å². The highest BCUT2D eigenvalue weighted by Gasteiger charge is 2.19. The molecule has 3 N–H and O–H groups in total. The Balaban J connectivity index is 0.973. The summed E-state index contributed by atoms with van der Waals surface area (Å²) in [4.78, 5) is 51.6. The molecule has 0 saturated carbocycles. The summed E-state index contributed by atoms with van der Waals surface area (Å²) in [6, 6.07) is 40.2. The van der Waals surface area contributed by atoms with Crippen molar-refractivity contribution in [3.63, 3.8) is 0 Å². The van der Waals surface area contributed by atoms with E-state index in [1.54, 1.807) is 97.1 Å². The number of anilines is 3. The predicted molar refractivity (Wildman–Crippen MR) is 220 cm³/mol. The molecular weight excluding hydrogens is 773 g/mol. The number of nitrogens with one attached hydrogen (secondary N) is 3. The number of esters is 2. The molecule has 0 fully saturated rings. The fourth-order valence-corrected chi connectivity index (χ4v) is 6.26. The van der Waals surface area contributed by atoms with Crippen LogP contribution in [0.4, 0.5) is 17.1 Å². The minimum Gasteiger partial charge on any atom is -0.488 e. The zero-order valence-corrected chi connectivity index (χ0v) is 32.0. The standard InChI is InChI=1S/C44H34Cl3N3O6/c45-32-9-4-8-31(22-32)27-55-39-11-5-10-37(47)42(39)44(54)50-35-19-14-29(15-20-35)24-41(52)56-40(51)23-28-12-17-34(18-13-28)49-43(53)36-25-33(46)16-21-38(36)48-26-30-6-2-1-3-7-30/h1-22,25,48H,23-24,26-27H2,(H,49,53)(H,50,54). The second-order valence-electron chi connectivity index (χ2n) is 12.6. The molecule has 9 nitrogen and oxygen atoms in total. The van der Waals surface area contributed by atoms with Gasteiger partial charge in [-0.05, 0) is 89.0 Å². The molecule has 6 rings (SSSR count). The Morgan fingerprint density at radius 2 is 1.12 bits per heavy atom. The van der Waals surface area contributed by atoms with Crippen molar-refractivity contribution >= 4 is 75.6 Å². The van der Waals surface area contributed by atoms with Gasteiger partial charge in [0, 0.05) is 33.7 Å². The molecule has 12 heteroatoms. The summed E-state index contributed by atoms with van der Waals surface area (Å²) in [6.07, 6.45) is -0.317. The van der Waals surface area contributed by atoms with Crippen molar-refractivity contribution in [3.8, 4) is 5.75 Å². The van der Waals surface area contributed by atoms with E-state index in [-0.39, 0.29) is 35.9 Å². The highest BCUT2D eigenvalue weighted by atomic mass is 35.5. The molecular formula is C44H34Cl3N3O6. The van der Waals surface area contributed by atoms with Gasteiger partial charge in [-0.3, -0.25) is 19.2 Å².